The zero-order valence-electron chi connectivity index (χ0n) is 8.75. The zero-order valence-corrected chi connectivity index (χ0v) is 8.75. The van der Waals surface area contributed by atoms with Crippen molar-refractivity contribution in [1.29, 1.82) is 0 Å². The second kappa shape index (κ2) is 4.00. The molecule has 0 saturated carbocycles. The highest BCUT2D eigenvalue weighted by atomic mass is 16.5. The lowest BCUT2D eigenvalue weighted by molar-refractivity contribution is 0.275. The molecule has 14 heavy (non-hydrogen) atoms. The van der Waals surface area contributed by atoms with E-state index in [1.165, 1.54) is 0 Å². The van der Waals surface area contributed by atoms with Crippen LogP contribution in [-0.2, 0) is 13.0 Å². The summed E-state index contributed by atoms with van der Waals surface area (Å²) in [4.78, 5) is 2.25. The molecule has 1 aliphatic rings. The van der Waals surface area contributed by atoms with Crippen LogP contribution in [0.5, 0.6) is 5.88 Å². The largest absolute Gasteiger partial charge is 0.475 e. The lowest BCUT2D eigenvalue weighted by Gasteiger charge is -2.20. The Morgan fingerprint density at radius 1 is 1.57 bits per heavy atom. The number of rotatable bonds is 3. The third kappa shape index (κ3) is 1.75. The average molecular weight is 196 g/mol. The fourth-order valence-corrected chi connectivity index (χ4v) is 1.63. The fourth-order valence-electron chi connectivity index (χ4n) is 1.63. The van der Waals surface area contributed by atoms with Gasteiger partial charge >= 0.3 is 0 Å². The molecule has 0 spiro atoms. The molecule has 0 radical (unpaired) electrons. The van der Waals surface area contributed by atoms with Crippen molar-refractivity contribution in [2.24, 2.45) is 0 Å². The molecule has 0 unspecified atom stereocenters. The highest BCUT2D eigenvalue weighted by molar-refractivity contribution is 5.30. The van der Waals surface area contributed by atoms with E-state index in [1.54, 1.807) is 0 Å². The van der Waals surface area contributed by atoms with Crippen LogP contribution >= 0.6 is 0 Å². The van der Waals surface area contributed by atoms with Gasteiger partial charge in [0.15, 0.2) is 0 Å². The third-order valence-corrected chi connectivity index (χ3v) is 2.43. The van der Waals surface area contributed by atoms with Crippen molar-refractivity contribution in [3.63, 3.8) is 0 Å². The third-order valence-electron chi connectivity index (χ3n) is 2.43. The molecule has 78 valence electrons. The van der Waals surface area contributed by atoms with E-state index in [0.29, 0.717) is 12.5 Å². The van der Waals surface area contributed by atoms with E-state index >= 15 is 0 Å². The summed E-state index contributed by atoms with van der Waals surface area (Å²) in [6.45, 7) is 4.72. The summed E-state index contributed by atoms with van der Waals surface area (Å²) in [6.07, 6.45) is 1.94. The Bertz CT molecular complexity index is 309. The number of fused-ring (bicyclic) bond motifs is 1. The minimum absolute atomic E-state index is 0.688. The van der Waals surface area contributed by atoms with Crippen LogP contribution in [0.15, 0.2) is 4.52 Å². The van der Waals surface area contributed by atoms with E-state index < -0.39 is 0 Å². The van der Waals surface area contributed by atoms with Gasteiger partial charge < -0.3 is 14.2 Å². The highest BCUT2D eigenvalue weighted by Gasteiger charge is 2.22. The Morgan fingerprint density at radius 3 is 3.21 bits per heavy atom. The van der Waals surface area contributed by atoms with Gasteiger partial charge in [0, 0.05) is 19.5 Å². The van der Waals surface area contributed by atoms with Crippen LogP contribution in [0, 0.1) is 0 Å². The summed E-state index contributed by atoms with van der Waals surface area (Å²) in [5.41, 5.74) is 1.13. The Morgan fingerprint density at radius 2 is 2.43 bits per heavy atom. The first kappa shape index (κ1) is 9.52. The number of ether oxygens (including phenoxy) is 1. The minimum atomic E-state index is 0.688. The number of hydrogen-bond acceptors (Lipinski definition) is 4. The topological polar surface area (TPSA) is 38.5 Å². The summed E-state index contributed by atoms with van der Waals surface area (Å²) < 4.78 is 10.7. The van der Waals surface area contributed by atoms with E-state index in [-0.39, 0.29) is 0 Å². The van der Waals surface area contributed by atoms with Crippen molar-refractivity contribution in [1.82, 2.24) is 10.1 Å². The van der Waals surface area contributed by atoms with E-state index in [4.69, 9.17) is 9.26 Å². The smallest absolute Gasteiger partial charge is 0.258 e. The summed E-state index contributed by atoms with van der Waals surface area (Å²) in [6, 6.07) is 0. The highest BCUT2D eigenvalue weighted by Crippen LogP contribution is 2.26. The van der Waals surface area contributed by atoms with Crippen molar-refractivity contribution in [3.8, 4) is 5.88 Å². The van der Waals surface area contributed by atoms with Crippen molar-refractivity contribution < 1.29 is 9.26 Å². The van der Waals surface area contributed by atoms with Crippen LogP contribution < -0.4 is 4.74 Å². The van der Waals surface area contributed by atoms with Crippen LogP contribution in [0.1, 0.15) is 24.7 Å². The Labute approximate surface area is 83.8 Å². The van der Waals surface area contributed by atoms with E-state index in [9.17, 15) is 0 Å². The maximum absolute atomic E-state index is 5.51. The summed E-state index contributed by atoms with van der Waals surface area (Å²) in [5, 5.41) is 3.95. The molecule has 2 rings (SSSR count). The molecule has 0 atom stereocenters. The van der Waals surface area contributed by atoms with Crippen LogP contribution in [0.25, 0.3) is 0 Å². The van der Waals surface area contributed by atoms with E-state index in [1.807, 2.05) is 0 Å². The lowest BCUT2D eigenvalue weighted by atomic mass is 10.1. The molecule has 0 saturated heterocycles. The summed E-state index contributed by atoms with van der Waals surface area (Å²) in [5.74, 6) is 1.68. The predicted octanol–water partition coefficient (Wildman–Crippen LogP) is 1.45. The van der Waals surface area contributed by atoms with Gasteiger partial charge in [0.05, 0.1) is 12.2 Å². The predicted molar refractivity (Wildman–Crippen MR) is 52.3 cm³/mol. The van der Waals surface area contributed by atoms with Crippen molar-refractivity contribution in [2.45, 2.75) is 26.3 Å². The van der Waals surface area contributed by atoms with Crippen LogP contribution in [0.3, 0.4) is 0 Å². The summed E-state index contributed by atoms with van der Waals surface area (Å²) in [7, 11) is 2.10. The van der Waals surface area contributed by atoms with Crippen LogP contribution in [-0.4, -0.2) is 30.3 Å². The first-order valence-electron chi connectivity index (χ1n) is 5.10. The summed E-state index contributed by atoms with van der Waals surface area (Å²) >= 11 is 0. The molecule has 4 nitrogen and oxygen atoms in total. The molecule has 2 heterocycles. The van der Waals surface area contributed by atoms with Crippen LogP contribution in [0.2, 0.25) is 0 Å². The minimum Gasteiger partial charge on any atom is -0.475 e. The van der Waals surface area contributed by atoms with Gasteiger partial charge in [-0.25, -0.2) is 0 Å². The second-order valence-corrected chi connectivity index (χ2v) is 3.73. The molecule has 1 aromatic rings. The molecule has 0 amide bonds. The van der Waals surface area contributed by atoms with Gasteiger partial charge in [-0.15, -0.1) is 0 Å². The van der Waals surface area contributed by atoms with Crippen molar-refractivity contribution >= 4 is 0 Å². The van der Waals surface area contributed by atoms with Gasteiger partial charge in [-0.2, -0.15) is 0 Å². The first-order valence-corrected chi connectivity index (χ1v) is 5.10. The van der Waals surface area contributed by atoms with Crippen LogP contribution in [0.4, 0.5) is 0 Å². The molecular weight excluding hydrogens is 180 g/mol. The molecule has 0 aromatic carbocycles. The van der Waals surface area contributed by atoms with Crippen molar-refractivity contribution in [2.75, 3.05) is 20.2 Å². The SMILES string of the molecule is CCCOc1noc2c1CN(C)CC2. The van der Waals surface area contributed by atoms with Gasteiger partial charge in [0.25, 0.3) is 5.88 Å². The van der Waals surface area contributed by atoms with Gasteiger partial charge in [-0.1, -0.05) is 6.92 Å². The van der Waals surface area contributed by atoms with E-state index in [2.05, 4.69) is 24.0 Å². The van der Waals surface area contributed by atoms with Gasteiger partial charge in [0.1, 0.15) is 5.76 Å². The molecule has 0 aliphatic carbocycles. The zero-order chi connectivity index (χ0) is 9.97. The molecular formula is C10H16N2O2. The Kier molecular flexibility index (Phi) is 2.72. The van der Waals surface area contributed by atoms with Gasteiger partial charge in [-0.3, -0.25) is 0 Å². The molecule has 0 N–H and O–H groups in total. The molecule has 4 heteroatoms. The number of likely N-dealkylation sites (N-methyl/N-ethyl adjacent to an activating group) is 1. The number of aromatic nitrogens is 1. The number of hydrogen-bond donors (Lipinski definition) is 0. The first-order chi connectivity index (χ1) is 6.81. The monoisotopic (exact) mass is 196 g/mol. The molecule has 0 fully saturated rings. The Balaban J connectivity index is 2.13. The van der Waals surface area contributed by atoms with Crippen molar-refractivity contribution in [3.05, 3.63) is 11.3 Å². The fraction of sp³-hybridized carbons (Fsp3) is 0.700. The normalized spacial score (nSPS) is 16.7. The average Bonchev–Trinajstić information content (AvgIpc) is 2.57. The second-order valence-electron chi connectivity index (χ2n) is 3.73. The lowest BCUT2D eigenvalue weighted by Crippen LogP contribution is -2.25. The standard InChI is InChI=1S/C10H16N2O2/c1-3-6-13-10-8-7-12(2)5-4-9(8)14-11-10/h3-7H2,1-2H3. The molecule has 1 aliphatic heterocycles. The van der Waals surface area contributed by atoms with Gasteiger partial charge in [0.2, 0.25) is 0 Å². The number of nitrogens with zero attached hydrogens (tertiary/aromatic N) is 2. The molecule has 0 bridgehead atoms. The molecule has 1 aromatic heterocycles. The Hall–Kier alpha value is -1.03. The van der Waals surface area contributed by atoms with Gasteiger partial charge in [-0.05, 0) is 18.6 Å². The quantitative estimate of drug-likeness (QED) is 0.733. The van der Waals surface area contributed by atoms with E-state index in [0.717, 1.165) is 37.3 Å². The maximum Gasteiger partial charge on any atom is 0.258 e. The maximum atomic E-state index is 5.51.